The lowest BCUT2D eigenvalue weighted by molar-refractivity contribution is 0.0939. The van der Waals surface area contributed by atoms with E-state index >= 15 is 0 Å². The summed E-state index contributed by atoms with van der Waals surface area (Å²) in [5.41, 5.74) is 2.11. The van der Waals surface area contributed by atoms with Crippen LogP contribution >= 0.6 is 11.3 Å². The molecule has 24 heavy (non-hydrogen) atoms. The fraction of sp³-hybridized carbons (Fsp3) is 0.529. The van der Waals surface area contributed by atoms with Gasteiger partial charge in [-0.15, -0.1) is 16.4 Å². The van der Waals surface area contributed by atoms with Crippen molar-refractivity contribution in [2.45, 2.75) is 40.0 Å². The maximum absolute atomic E-state index is 12.3. The molecule has 1 unspecified atom stereocenters. The molecule has 0 aliphatic heterocycles. The number of nitrogens with zero attached hydrogens (tertiary/aromatic N) is 4. The lowest BCUT2D eigenvalue weighted by Gasteiger charge is -2.17. The van der Waals surface area contributed by atoms with Crippen LogP contribution in [0.4, 0.5) is 0 Å². The summed E-state index contributed by atoms with van der Waals surface area (Å²) in [6, 6.07) is 0. The van der Waals surface area contributed by atoms with Crippen molar-refractivity contribution < 1.29 is 4.79 Å². The predicted molar refractivity (Wildman–Crippen MR) is 94.5 cm³/mol. The van der Waals surface area contributed by atoms with Gasteiger partial charge in [0.15, 0.2) is 5.65 Å². The minimum absolute atomic E-state index is 0.216. The number of aryl methyl sites for hydroxylation is 1. The van der Waals surface area contributed by atoms with Crippen molar-refractivity contribution in [2.75, 3.05) is 6.54 Å². The highest BCUT2D eigenvalue weighted by Gasteiger charge is 2.24. The lowest BCUT2D eigenvalue weighted by atomic mass is 9.89. The molecule has 0 spiro atoms. The Morgan fingerprint density at radius 2 is 2.33 bits per heavy atom. The summed E-state index contributed by atoms with van der Waals surface area (Å²) in [6.07, 6.45) is 5.05. The Morgan fingerprint density at radius 3 is 3.12 bits per heavy atom. The monoisotopic (exact) mass is 343 g/mol. The quantitative estimate of drug-likeness (QED) is 0.794. The van der Waals surface area contributed by atoms with E-state index in [4.69, 9.17) is 0 Å². The molecule has 0 bridgehead atoms. The van der Waals surface area contributed by atoms with Gasteiger partial charge in [-0.25, -0.2) is 14.5 Å². The molecule has 0 radical (unpaired) electrons. The van der Waals surface area contributed by atoms with Gasteiger partial charge in [-0.3, -0.25) is 4.79 Å². The Hall–Kier alpha value is -2.02. The topological polar surface area (TPSA) is 72.2 Å². The lowest BCUT2D eigenvalue weighted by Crippen LogP contribution is -2.28. The third-order valence-corrected chi connectivity index (χ3v) is 5.70. The highest BCUT2D eigenvalue weighted by Crippen LogP contribution is 2.38. The summed E-state index contributed by atoms with van der Waals surface area (Å²) in [7, 11) is 0. The Kier molecular flexibility index (Phi) is 3.75. The number of carbonyl (C=O) groups excluding carboxylic acids is 1. The second-order valence-electron chi connectivity index (χ2n) is 7.08. The van der Waals surface area contributed by atoms with E-state index in [2.05, 4.69) is 41.2 Å². The van der Waals surface area contributed by atoms with Crippen LogP contribution in [0, 0.1) is 11.8 Å². The zero-order valence-electron chi connectivity index (χ0n) is 14.2. The Labute approximate surface area is 144 Å². The smallest absolute Gasteiger partial charge is 0.291 e. The van der Waals surface area contributed by atoms with E-state index in [1.807, 2.05) is 0 Å². The molecule has 0 fully saturated rings. The first-order valence-corrected chi connectivity index (χ1v) is 9.28. The van der Waals surface area contributed by atoms with Crippen molar-refractivity contribution in [3.8, 4) is 0 Å². The molecule has 3 aromatic heterocycles. The summed E-state index contributed by atoms with van der Waals surface area (Å²) in [5.74, 6) is 1.06. The molecular formula is C17H21N5OS. The van der Waals surface area contributed by atoms with E-state index in [0.29, 0.717) is 18.4 Å². The molecule has 1 amide bonds. The number of nitrogens with one attached hydrogen (secondary N) is 1. The van der Waals surface area contributed by atoms with Gasteiger partial charge in [0.1, 0.15) is 11.2 Å². The highest BCUT2D eigenvalue weighted by atomic mass is 32.1. The van der Waals surface area contributed by atoms with Crippen LogP contribution < -0.4 is 5.32 Å². The minimum Gasteiger partial charge on any atom is -0.349 e. The molecule has 1 atom stereocenters. The van der Waals surface area contributed by atoms with Gasteiger partial charge < -0.3 is 5.32 Å². The van der Waals surface area contributed by atoms with Crippen molar-refractivity contribution >= 4 is 33.1 Å². The minimum atomic E-state index is -0.224. The van der Waals surface area contributed by atoms with E-state index in [9.17, 15) is 4.79 Å². The van der Waals surface area contributed by atoms with Crippen LogP contribution in [-0.2, 0) is 12.8 Å². The fourth-order valence-electron chi connectivity index (χ4n) is 3.22. The Bertz CT molecular complexity index is 926. The molecule has 126 valence electrons. The van der Waals surface area contributed by atoms with E-state index in [1.54, 1.807) is 22.2 Å². The van der Waals surface area contributed by atoms with Crippen molar-refractivity contribution in [1.29, 1.82) is 0 Å². The second kappa shape index (κ2) is 5.81. The maximum atomic E-state index is 12.3. The van der Waals surface area contributed by atoms with Gasteiger partial charge in [-0.2, -0.15) is 0 Å². The van der Waals surface area contributed by atoms with Crippen LogP contribution in [0.3, 0.4) is 0 Å². The van der Waals surface area contributed by atoms with Crippen LogP contribution in [-0.4, -0.2) is 32.0 Å². The summed E-state index contributed by atoms with van der Waals surface area (Å²) in [5, 5.41) is 8.28. The normalized spacial score (nSPS) is 17.6. The first-order valence-electron chi connectivity index (χ1n) is 8.46. The summed E-state index contributed by atoms with van der Waals surface area (Å²) in [6.45, 7) is 7.02. The van der Waals surface area contributed by atoms with Gasteiger partial charge in [0, 0.05) is 11.4 Å². The number of hydrogen-bond acceptors (Lipinski definition) is 5. The number of rotatable bonds is 3. The number of amides is 1. The van der Waals surface area contributed by atoms with E-state index in [0.717, 1.165) is 28.7 Å². The zero-order chi connectivity index (χ0) is 16.8. The first kappa shape index (κ1) is 15.5. The average Bonchev–Trinajstić information content (AvgIpc) is 3.12. The molecule has 3 heterocycles. The molecule has 0 saturated carbocycles. The third-order valence-electron chi connectivity index (χ3n) is 4.50. The van der Waals surface area contributed by atoms with E-state index in [-0.39, 0.29) is 11.7 Å². The summed E-state index contributed by atoms with van der Waals surface area (Å²) < 4.78 is 1.64. The maximum Gasteiger partial charge on any atom is 0.291 e. The molecule has 1 aliphatic carbocycles. The van der Waals surface area contributed by atoms with Gasteiger partial charge in [-0.1, -0.05) is 20.8 Å². The number of fused-ring (bicyclic) bond motifs is 5. The van der Waals surface area contributed by atoms with Crippen LogP contribution in [0.25, 0.3) is 15.9 Å². The van der Waals surface area contributed by atoms with Gasteiger partial charge in [0.05, 0.1) is 5.39 Å². The molecule has 3 aromatic rings. The largest absolute Gasteiger partial charge is 0.349 e. The zero-order valence-corrected chi connectivity index (χ0v) is 15.0. The molecule has 1 N–H and O–H groups in total. The fourth-order valence-corrected chi connectivity index (χ4v) is 4.40. The molecule has 4 rings (SSSR count). The Morgan fingerprint density at radius 1 is 1.50 bits per heavy atom. The highest BCUT2D eigenvalue weighted by molar-refractivity contribution is 7.19. The van der Waals surface area contributed by atoms with Crippen molar-refractivity contribution in [3.63, 3.8) is 0 Å². The molecule has 6 nitrogen and oxygen atoms in total. The van der Waals surface area contributed by atoms with Gasteiger partial charge >= 0.3 is 0 Å². The second-order valence-corrected chi connectivity index (χ2v) is 8.17. The van der Waals surface area contributed by atoms with E-state index in [1.165, 1.54) is 16.9 Å². The molecule has 0 aromatic carbocycles. The van der Waals surface area contributed by atoms with Crippen molar-refractivity contribution in [1.82, 2.24) is 24.9 Å². The molecule has 7 heteroatoms. The van der Waals surface area contributed by atoms with Gasteiger partial charge in [-0.05, 0) is 36.7 Å². The van der Waals surface area contributed by atoms with Crippen LogP contribution in [0.5, 0.6) is 0 Å². The molecular weight excluding hydrogens is 322 g/mol. The first-order chi connectivity index (χ1) is 11.5. The van der Waals surface area contributed by atoms with Gasteiger partial charge in [0.2, 0.25) is 5.82 Å². The van der Waals surface area contributed by atoms with E-state index < -0.39 is 0 Å². The number of aromatic nitrogens is 4. The third kappa shape index (κ3) is 2.56. The number of hydrogen-bond donors (Lipinski definition) is 1. The Balaban J connectivity index is 1.80. The average molecular weight is 343 g/mol. The van der Waals surface area contributed by atoms with Crippen LogP contribution in [0.15, 0.2) is 6.33 Å². The number of thiophene rings is 1. The predicted octanol–water partition coefficient (Wildman–Crippen LogP) is 2.85. The SMILES string of the molecule is CC(C)CNC(=O)c1nc2c3c4c(sc3ncn2n1)CCC(C)C4. The molecule has 0 saturated heterocycles. The standard InChI is InChI=1S/C17H21N5OS/c1-9(2)7-18-16(23)14-20-15-13-11-6-10(3)4-5-12(11)24-17(13)19-8-22(15)21-14/h8-10H,4-7H2,1-3H3,(H,18,23). The van der Waals surface area contributed by atoms with Crippen LogP contribution in [0.2, 0.25) is 0 Å². The van der Waals surface area contributed by atoms with Crippen LogP contribution in [0.1, 0.15) is 48.3 Å². The van der Waals surface area contributed by atoms with Crippen molar-refractivity contribution in [3.05, 3.63) is 22.6 Å². The molecule has 1 aliphatic rings. The van der Waals surface area contributed by atoms with Gasteiger partial charge in [0.25, 0.3) is 5.91 Å². The summed E-state index contributed by atoms with van der Waals surface area (Å²) in [4.78, 5) is 23.7. The number of carbonyl (C=O) groups is 1. The summed E-state index contributed by atoms with van der Waals surface area (Å²) >= 11 is 1.76. The van der Waals surface area contributed by atoms with Crippen molar-refractivity contribution in [2.24, 2.45) is 11.8 Å².